The van der Waals surface area contributed by atoms with Crippen molar-refractivity contribution in [3.63, 3.8) is 0 Å². The molecule has 2 radical (unpaired) electrons. The van der Waals surface area contributed by atoms with Gasteiger partial charge in [-0.2, -0.15) is 35.6 Å². The maximum Gasteiger partial charge on any atom is -0.0809 e. The fraction of sp³-hybridized carbons (Fsp3) is 0.300. The molecule has 0 heterocycles. The van der Waals surface area contributed by atoms with Gasteiger partial charge in [-0.05, 0) is 0 Å². The molecule has 0 spiro atoms. The molecule has 1 aliphatic rings. The van der Waals surface area contributed by atoms with Gasteiger partial charge in [0.05, 0.1) is 0 Å². The van der Waals surface area contributed by atoms with Crippen LogP contribution >= 0.6 is 34.1 Å². The number of rotatable bonds is 0. The molecule has 0 nitrogen and oxygen atoms in total. The minimum absolute atomic E-state index is 0. The Hall–Kier alpha value is 0.111. The number of fused-ring (bicyclic) bond motifs is 1. The summed E-state index contributed by atoms with van der Waals surface area (Å²) in [6.07, 6.45) is 3.36. The van der Waals surface area contributed by atoms with Crippen LogP contribution in [0.15, 0.2) is 59.2 Å². The predicted octanol–water partition coefficient (Wildman–Crippen LogP) is 7.27. The maximum absolute atomic E-state index is 5.04. The molecule has 0 fully saturated rings. The largest absolute Gasteiger partial charge is 0.168 e. The minimum atomic E-state index is -0.222. The van der Waals surface area contributed by atoms with E-state index in [1.165, 1.54) is 27.5 Å². The molecule has 0 aliphatic heterocycles. The SMILES string of the molecule is CC1=[C-]C(C)C(C)=C1C.Cl.Cl.[CH2-]C.[Si]=[Ti][Cl].c1ccc2[cH-]ccc2c1. The van der Waals surface area contributed by atoms with Gasteiger partial charge in [-0.15, -0.1) is 61.4 Å². The van der Waals surface area contributed by atoms with Crippen LogP contribution in [0.1, 0.15) is 34.6 Å². The monoisotopic (exact) mass is 448 g/mol. The van der Waals surface area contributed by atoms with Crippen molar-refractivity contribution in [2.75, 3.05) is 0 Å². The minimum Gasteiger partial charge on any atom is -0.168 e. The Balaban J connectivity index is -0.000000291. The molecular formula is C20H27Cl3SiTi-3. The molecule has 25 heavy (non-hydrogen) atoms. The third-order valence-corrected chi connectivity index (χ3v) is 3.78. The number of benzene rings is 1. The second-order valence-electron chi connectivity index (χ2n) is 5.05. The van der Waals surface area contributed by atoms with Gasteiger partial charge in [0.1, 0.15) is 0 Å². The summed E-state index contributed by atoms with van der Waals surface area (Å²) < 4.78 is 0. The van der Waals surface area contributed by atoms with E-state index >= 15 is 0 Å². The second kappa shape index (κ2) is 17.5. The van der Waals surface area contributed by atoms with Gasteiger partial charge in [-0.1, -0.05) is 32.8 Å². The molecule has 1 unspecified atom stereocenters. The number of halogens is 3. The van der Waals surface area contributed by atoms with Crippen LogP contribution in [-0.2, 0) is 16.8 Å². The van der Waals surface area contributed by atoms with Crippen LogP contribution in [0.3, 0.4) is 0 Å². The van der Waals surface area contributed by atoms with Crippen molar-refractivity contribution in [3.05, 3.63) is 72.2 Å². The first-order chi connectivity index (χ1) is 11.0. The van der Waals surface area contributed by atoms with Crippen molar-refractivity contribution in [1.82, 2.24) is 0 Å². The molecule has 5 heteroatoms. The summed E-state index contributed by atoms with van der Waals surface area (Å²) in [5.41, 5.74) is 4.25. The van der Waals surface area contributed by atoms with E-state index in [0.29, 0.717) is 5.92 Å². The van der Waals surface area contributed by atoms with Crippen molar-refractivity contribution >= 4 is 52.5 Å². The average Bonchev–Trinajstić information content (AvgIpc) is 3.12. The van der Waals surface area contributed by atoms with Crippen LogP contribution in [0, 0.1) is 18.9 Å². The second-order valence-corrected chi connectivity index (χ2v) is 8.46. The Bertz CT molecular complexity index is 630. The van der Waals surface area contributed by atoms with Gasteiger partial charge in [0.25, 0.3) is 0 Å². The van der Waals surface area contributed by atoms with Gasteiger partial charge in [0, 0.05) is 0 Å². The molecule has 1 atom stereocenters. The summed E-state index contributed by atoms with van der Waals surface area (Å²) >= 11 is -0.222. The van der Waals surface area contributed by atoms with Crippen LogP contribution in [-0.4, -0.2) is 7.63 Å². The Kier molecular flexibility index (Phi) is 20.9. The fourth-order valence-electron chi connectivity index (χ4n) is 2.23. The van der Waals surface area contributed by atoms with Crippen molar-refractivity contribution < 1.29 is 16.8 Å². The van der Waals surface area contributed by atoms with Gasteiger partial charge >= 0.3 is 33.8 Å². The fourth-order valence-corrected chi connectivity index (χ4v) is 2.23. The zero-order chi connectivity index (χ0) is 17.8. The Morgan fingerprint density at radius 1 is 1.12 bits per heavy atom. The molecule has 0 amide bonds. The predicted molar refractivity (Wildman–Crippen MR) is 117 cm³/mol. The topological polar surface area (TPSA) is 0 Å². The van der Waals surface area contributed by atoms with Crippen LogP contribution in [0.25, 0.3) is 10.8 Å². The van der Waals surface area contributed by atoms with Gasteiger partial charge in [-0.25, -0.2) is 5.57 Å². The zero-order valence-corrected chi connectivity index (χ0v) is 20.5. The number of hydrogen-bond donors (Lipinski definition) is 0. The van der Waals surface area contributed by atoms with Gasteiger partial charge in [0.15, 0.2) is 0 Å². The molecule has 0 saturated heterocycles. The van der Waals surface area contributed by atoms with Gasteiger partial charge in [-0.3, -0.25) is 6.08 Å². The molecule has 1 aliphatic carbocycles. The van der Waals surface area contributed by atoms with Gasteiger partial charge in [0.2, 0.25) is 0 Å². The van der Waals surface area contributed by atoms with Crippen molar-refractivity contribution in [1.29, 1.82) is 0 Å². The first kappa shape index (κ1) is 29.9. The summed E-state index contributed by atoms with van der Waals surface area (Å²) in [5.74, 6) is 0.560. The van der Waals surface area contributed by atoms with E-state index in [1.54, 1.807) is 6.92 Å². The normalized spacial score (nSPS) is 14.0. The van der Waals surface area contributed by atoms with E-state index in [9.17, 15) is 0 Å². The molecule has 0 saturated carbocycles. The van der Waals surface area contributed by atoms with Crippen molar-refractivity contribution in [2.24, 2.45) is 5.92 Å². The molecule has 0 bridgehead atoms. The van der Waals surface area contributed by atoms with E-state index in [1.807, 2.05) is 0 Å². The summed E-state index contributed by atoms with van der Waals surface area (Å²) in [7, 11) is 8.11. The van der Waals surface area contributed by atoms with Crippen LogP contribution in [0.5, 0.6) is 0 Å². The first-order valence-electron chi connectivity index (χ1n) is 7.62. The summed E-state index contributed by atoms with van der Waals surface area (Å²) in [5, 5.41) is 2.66. The van der Waals surface area contributed by atoms with Crippen molar-refractivity contribution in [2.45, 2.75) is 34.6 Å². The zero-order valence-electron chi connectivity index (χ0n) is 15.5. The van der Waals surface area contributed by atoms with E-state index in [2.05, 4.69) is 90.8 Å². The molecular weight excluding hydrogens is 423 g/mol. The number of hydrogen-bond acceptors (Lipinski definition) is 0. The molecule has 0 aromatic heterocycles. The number of allylic oxidation sites excluding steroid dienone is 4. The van der Waals surface area contributed by atoms with Crippen molar-refractivity contribution in [3.8, 4) is 0 Å². The quantitative estimate of drug-likeness (QED) is 0.293. The molecule has 0 N–H and O–H groups in total. The van der Waals surface area contributed by atoms with Gasteiger partial charge < -0.3 is 6.92 Å². The van der Waals surface area contributed by atoms with Crippen LogP contribution < -0.4 is 0 Å². The first-order valence-corrected chi connectivity index (χ1v) is 12.6. The van der Waals surface area contributed by atoms with E-state index in [0.717, 1.165) is 0 Å². The Morgan fingerprint density at radius 3 is 2.00 bits per heavy atom. The Labute approximate surface area is 181 Å². The molecule has 139 valence electrons. The molecule has 2 aromatic carbocycles. The molecule has 3 rings (SSSR count). The third-order valence-electron chi connectivity index (χ3n) is 3.78. The van der Waals surface area contributed by atoms with E-state index < -0.39 is 0 Å². The van der Waals surface area contributed by atoms with Crippen LogP contribution in [0.4, 0.5) is 0 Å². The summed E-state index contributed by atoms with van der Waals surface area (Å²) in [6.45, 7) is 13.7. The standard InChI is InChI=1S/C9H7.C9H13.C2H5.3ClH.Si.Ti/c1-2-5-9-7-3-6-8(9)4-1;1-6-5-7(2)9(4)8(6)3;1-2;;;;;/h1-7H;6H,1-4H3;1H2,2H3;3*1H;;/q3*-1;;;;;+1/p-1. The van der Waals surface area contributed by atoms with E-state index in [4.69, 9.17) is 9.30 Å². The summed E-state index contributed by atoms with van der Waals surface area (Å²) in [4.78, 5) is 0. The average molecular weight is 450 g/mol. The summed E-state index contributed by atoms with van der Waals surface area (Å²) in [6, 6.07) is 14.7. The molecule has 2 aromatic rings. The Morgan fingerprint density at radius 2 is 1.64 bits per heavy atom. The maximum atomic E-state index is 5.04. The smallest absolute Gasteiger partial charge is 0.0809 e. The third kappa shape index (κ3) is 10.8. The van der Waals surface area contributed by atoms with E-state index in [-0.39, 0.29) is 41.6 Å². The van der Waals surface area contributed by atoms with Crippen LogP contribution in [0.2, 0.25) is 0 Å².